The normalized spacial score (nSPS) is 16.4. The molecule has 0 spiro atoms. The quantitative estimate of drug-likeness (QED) is 0.869. The standard InChI is InChI=1S/C17H14ClN3O3S/c18-15-6-5-14(25-15)16(22)20-9-13-10-21(17(23)24-13)12-3-1-11(2-4-12)7-8-19/h1-6,13H,7,9-10H2,(H,20,22). The van der Waals surface area contributed by atoms with Crippen molar-refractivity contribution < 1.29 is 14.3 Å². The van der Waals surface area contributed by atoms with Crippen LogP contribution in [0.1, 0.15) is 15.2 Å². The second kappa shape index (κ2) is 7.55. The molecule has 8 heteroatoms. The van der Waals surface area contributed by atoms with Crippen LogP contribution >= 0.6 is 22.9 Å². The van der Waals surface area contributed by atoms with E-state index < -0.39 is 12.2 Å². The molecule has 1 aliphatic rings. The van der Waals surface area contributed by atoms with Crippen LogP contribution in [-0.4, -0.2) is 31.2 Å². The predicted molar refractivity (Wildman–Crippen MR) is 95.0 cm³/mol. The molecular weight excluding hydrogens is 362 g/mol. The highest BCUT2D eigenvalue weighted by Crippen LogP contribution is 2.23. The highest BCUT2D eigenvalue weighted by atomic mass is 35.5. The van der Waals surface area contributed by atoms with Crippen LogP contribution in [0.5, 0.6) is 0 Å². The summed E-state index contributed by atoms with van der Waals surface area (Å²) in [7, 11) is 0. The summed E-state index contributed by atoms with van der Waals surface area (Å²) in [6.07, 6.45) is -0.552. The molecule has 2 aromatic rings. The Labute approximate surface area is 153 Å². The van der Waals surface area contributed by atoms with Gasteiger partial charge < -0.3 is 10.1 Å². The molecule has 2 heterocycles. The zero-order chi connectivity index (χ0) is 17.8. The minimum atomic E-state index is -0.452. The van der Waals surface area contributed by atoms with Crippen molar-refractivity contribution in [2.75, 3.05) is 18.0 Å². The van der Waals surface area contributed by atoms with Crippen LogP contribution < -0.4 is 10.2 Å². The van der Waals surface area contributed by atoms with Crippen molar-refractivity contribution in [3.05, 3.63) is 51.2 Å². The largest absolute Gasteiger partial charge is 0.442 e. The Morgan fingerprint density at radius 3 is 2.76 bits per heavy atom. The summed E-state index contributed by atoms with van der Waals surface area (Å²) < 4.78 is 5.84. The molecule has 1 unspecified atom stereocenters. The lowest BCUT2D eigenvalue weighted by Crippen LogP contribution is -2.34. The van der Waals surface area contributed by atoms with Crippen LogP contribution in [0.25, 0.3) is 0 Å². The molecule has 0 bridgehead atoms. The van der Waals surface area contributed by atoms with Crippen molar-refractivity contribution in [1.82, 2.24) is 5.32 Å². The number of amides is 2. The van der Waals surface area contributed by atoms with Gasteiger partial charge in [0.05, 0.1) is 34.8 Å². The number of nitriles is 1. The summed E-state index contributed by atoms with van der Waals surface area (Å²) in [4.78, 5) is 26.1. The van der Waals surface area contributed by atoms with E-state index >= 15 is 0 Å². The Balaban J connectivity index is 1.57. The molecule has 128 valence electrons. The van der Waals surface area contributed by atoms with Gasteiger partial charge in [0.15, 0.2) is 0 Å². The van der Waals surface area contributed by atoms with E-state index in [-0.39, 0.29) is 12.5 Å². The molecule has 0 radical (unpaired) electrons. The number of thiophene rings is 1. The number of nitrogens with zero attached hydrogens (tertiary/aromatic N) is 2. The van der Waals surface area contributed by atoms with Crippen molar-refractivity contribution >= 4 is 40.6 Å². The zero-order valence-corrected chi connectivity index (χ0v) is 14.6. The van der Waals surface area contributed by atoms with E-state index in [4.69, 9.17) is 21.6 Å². The zero-order valence-electron chi connectivity index (χ0n) is 13.1. The van der Waals surface area contributed by atoms with Crippen molar-refractivity contribution in [2.24, 2.45) is 0 Å². The second-order valence-corrected chi connectivity index (χ2v) is 7.15. The molecule has 2 amide bonds. The van der Waals surface area contributed by atoms with E-state index in [1.54, 1.807) is 24.3 Å². The molecule has 1 atom stereocenters. The van der Waals surface area contributed by atoms with Gasteiger partial charge >= 0.3 is 6.09 Å². The number of cyclic esters (lactones) is 1. The maximum atomic E-state index is 12.0. The van der Waals surface area contributed by atoms with Gasteiger partial charge in [0.2, 0.25) is 0 Å². The number of hydrogen-bond donors (Lipinski definition) is 1. The van der Waals surface area contributed by atoms with Crippen molar-refractivity contribution in [1.29, 1.82) is 5.26 Å². The molecule has 0 saturated carbocycles. The number of carbonyl (C=O) groups is 2. The molecule has 0 aliphatic carbocycles. The van der Waals surface area contributed by atoms with Crippen LogP contribution in [-0.2, 0) is 11.2 Å². The van der Waals surface area contributed by atoms with Gasteiger partial charge in [0.25, 0.3) is 5.91 Å². The lowest BCUT2D eigenvalue weighted by Gasteiger charge is -2.13. The number of benzene rings is 1. The Morgan fingerprint density at radius 1 is 1.36 bits per heavy atom. The minimum absolute atomic E-state index is 0.225. The van der Waals surface area contributed by atoms with Crippen LogP contribution in [0.3, 0.4) is 0 Å². The second-order valence-electron chi connectivity index (χ2n) is 5.43. The number of nitrogens with one attached hydrogen (secondary N) is 1. The van der Waals surface area contributed by atoms with E-state index in [1.807, 2.05) is 12.1 Å². The first kappa shape index (κ1) is 17.3. The lowest BCUT2D eigenvalue weighted by molar-refractivity contribution is 0.0920. The number of halogens is 1. The summed E-state index contributed by atoms with van der Waals surface area (Å²) >= 11 is 7.01. The highest BCUT2D eigenvalue weighted by molar-refractivity contribution is 7.17. The number of carbonyl (C=O) groups excluding carboxylic acids is 2. The first-order chi connectivity index (χ1) is 12.1. The predicted octanol–water partition coefficient (Wildman–Crippen LogP) is 3.22. The van der Waals surface area contributed by atoms with Gasteiger partial charge in [0.1, 0.15) is 6.10 Å². The third-order valence-corrected chi connectivity index (χ3v) is 4.92. The van der Waals surface area contributed by atoms with Gasteiger partial charge in [-0.3, -0.25) is 9.69 Å². The fourth-order valence-electron chi connectivity index (χ4n) is 2.45. The number of ether oxygens (including phenoxy) is 1. The SMILES string of the molecule is N#CCc1ccc(N2CC(CNC(=O)c3ccc(Cl)s3)OC2=O)cc1. The van der Waals surface area contributed by atoms with Crippen LogP contribution in [0, 0.1) is 11.3 Å². The van der Waals surface area contributed by atoms with Gasteiger partial charge in [-0.15, -0.1) is 11.3 Å². The average Bonchev–Trinajstić information content (AvgIpc) is 3.20. The minimum Gasteiger partial charge on any atom is -0.442 e. The third kappa shape index (κ3) is 4.10. The molecule has 3 rings (SSSR count). The molecule has 1 saturated heterocycles. The molecule has 6 nitrogen and oxygen atoms in total. The molecule has 1 N–H and O–H groups in total. The van der Waals surface area contributed by atoms with Gasteiger partial charge in [0, 0.05) is 5.69 Å². The summed E-state index contributed by atoms with van der Waals surface area (Å²) in [6.45, 7) is 0.574. The summed E-state index contributed by atoms with van der Waals surface area (Å²) in [5.74, 6) is -0.243. The highest BCUT2D eigenvalue weighted by Gasteiger charge is 2.32. The van der Waals surface area contributed by atoms with Crippen LogP contribution in [0.4, 0.5) is 10.5 Å². The fraction of sp³-hybridized carbons (Fsp3) is 0.235. The van der Waals surface area contributed by atoms with E-state index in [9.17, 15) is 9.59 Å². The lowest BCUT2D eigenvalue weighted by atomic mass is 10.1. The Kier molecular flexibility index (Phi) is 5.22. The average molecular weight is 376 g/mol. The van der Waals surface area contributed by atoms with Crippen molar-refractivity contribution in [3.8, 4) is 6.07 Å². The Hall–Kier alpha value is -2.56. The molecule has 1 aromatic heterocycles. The smallest absolute Gasteiger partial charge is 0.414 e. The summed E-state index contributed by atoms with van der Waals surface area (Å²) in [5.41, 5.74) is 1.59. The van der Waals surface area contributed by atoms with Gasteiger partial charge in [-0.2, -0.15) is 5.26 Å². The number of anilines is 1. The Bertz CT molecular complexity index is 828. The first-order valence-corrected chi connectivity index (χ1v) is 8.74. The van der Waals surface area contributed by atoms with Crippen molar-refractivity contribution in [2.45, 2.75) is 12.5 Å². The van der Waals surface area contributed by atoms with Gasteiger partial charge in [-0.25, -0.2) is 4.79 Å². The Morgan fingerprint density at radius 2 is 2.12 bits per heavy atom. The first-order valence-electron chi connectivity index (χ1n) is 7.54. The molecule has 1 aromatic carbocycles. The number of rotatable bonds is 5. The fourth-order valence-corrected chi connectivity index (χ4v) is 3.41. The van der Waals surface area contributed by atoms with E-state index in [1.165, 1.54) is 16.2 Å². The summed E-state index contributed by atoms with van der Waals surface area (Å²) in [6, 6.07) is 12.6. The maximum absolute atomic E-state index is 12.0. The van der Waals surface area contributed by atoms with Gasteiger partial charge in [-0.1, -0.05) is 23.7 Å². The van der Waals surface area contributed by atoms with Crippen LogP contribution in [0.2, 0.25) is 4.34 Å². The maximum Gasteiger partial charge on any atom is 0.414 e. The number of hydrogen-bond acceptors (Lipinski definition) is 5. The van der Waals surface area contributed by atoms with Crippen molar-refractivity contribution in [3.63, 3.8) is 0 Å². The van der Waals surface area contributed by atoms with Gasteiger partial charge in [-0.05, 0) is 29.8 Å². The van der Waals surface area contributed by atoms with E-state index in [2.05, 4.69) is 11.4 Å². The topological polar surface area (TPSA) is 82.4 Å². The summed E-state index contributed by atoms with van der Waals surface area (Å²) in [5, 5.41) is 11.4. The molecule has 1 fully saturated rings. The molecule has 25 heavy (non-hydrogen) atoms. The monoisotopic (exact) mass is 375 g/mol. The molecular formula is C17H14ClN3O3S. The third-order valence-electron chi connectivity index (χ3n) is 3.69. The van der Waals surface area contributed by atoms with E-state index in [0.717, 1.165) is 5.56 Å². The molecule has 1 aliphatic heterocycles. The van der Waals surface area contributed by atoms with E-state index in [0.29, 0.717) is 27.9 Å². The van der Waals surface area contributed by atoms with Crippen LogP contribution in [0.15, 0.2) is 36.4 Å².